The Labute approximate surface area is 99.4 Å². The summed E-state index contributed by atoms with van der Waals surface area (Å²) in [7, 11) is 0. The maximum absolute atomic E-state index is 13.1. The van der Waals surface area contributed by atoms with E-state index in [0.717, 1.165) is 25.7 Å². The summed E-state index contributed by atoms with van der Waals surface area (Å²) in [5.74, 6) is -0.524. The Morgan fingerprint density at radius 2 is 2.06 bits per heavy atom. The maximum Gasteiger partial charge on any atom is 0.319 e. The van der Waals surface area contributed by atoms with Gasteiger partial charge in [0.25, 0.3) is 0 Å². The van der Waals surface area contributed by atoms with Gasteiger partial charge in [-0.25, -0.2) is 9.18 Å². The monoisotopic (exact) mass is 237 g/mol. The second kappa shape index (κ2) is 5.03. The fraction of sp³-hybridized carbons (Fsp3) is 0.417. The predicted octanol–water partition coefficient (Wildman–Crippen LogP) is 2.47. The van der Waals surface area contributed by atoms with Gasteiger partial charge in [-0.05, 0) is 31.0 Å². The topological polar surface area (TPSA) is 67.1 Å². The molecule has 1 aromatic rings. The van der Waals surface area contributed by atoms with Crippen LogP contribution in [0.5, 0.6) is 0 Å². The Bertz CT molecular complexity index is 416. The van der Waals surface area contributed by atoms with E-state index in [-0.39, 0.29) is 17.8 Å². The Morgan fingerprint density at radius 1 is 1.35 bits per heavy atom. The lowest BCUT2D eigenvalue weighted by Crippen LogP contribution is -2.36. The lowest BCUT2D eigenvalue weighted by Gasteiger charge is -2.13. The zero-order valence-electron chi connectivity index (χ0n) is 9.50. The van der Waals surface area contributed by atoms with Crippen LogP contribution < -0.4 is 16.4 Å². The van der Waals surface area contributed by atoms with Gasteiger partial charge in [-0.1, -0.05) is 12.8 Å². The second-order valence-electron chi connectivity index (χ2n) is 4.32. The number of carbonyl (C=O) groups is 1. The molecule has 1 aromatic carbocycles. The van der Waals surface area contributed by atoms with E-state index in [0.29, 0.717) is 5.69 Å². The van der Waals surface area contributed by atoms with E-state index in [1.807, 2.05) is 0 Å². The van der Waals surface area contributed by atoms with Crippen LogP contribution in [0.2, 0.25) is 0 Å². The lowest BCUT2D eigenvalue weighted by molar-refractivity contribution is 0.248. The van der Waals surface area contributed by atoms with E-state index >= 15 is 0 Å². The summed E-state index contributed by atoms with van der Waals surface area (Å²) < 4.78 is 13.1. The molecule has 1 fully saturated rings. The molecule has 0 bridgehead atoms. The van der Waals surface area contributed by atoms with Crippen molar-refractivity contribution in [3.05, 3.63) is 24.0 Å². The number of benzene rings is 1. The zero-order chi connectivity index (χ0) is 12.3. The molecule has 0 radical (unpaired) electrons. The number of hydrogen-bond acceptors (Lipinski definition) is 2. The van der Waals surface area contributed by atoms with Crippen molar-refractivity contribution in [1.29, 1.82) is 0 Å². The SMILES string of the molecule is Nc1ccc(NC(=O)NC2CCCC2)cc1F. The van der Waals surface area contributed by atoms with Gasteiger partial charge in [-0.15, -0.1) is 0 Å². The van der Waals surface area contributed by atoms with Gasteiger partial charge in [-0.2, -0.15) is 0 Å². The van der Waals surface area contributed by atoms with Crippen molar-refractivity contribution in [1.82, 2.24) is 5.32 Å². The van der Waals surface area contributed by atoms with E-state index in [9.17, 15) is 9.18 Å². The van der Waals surface area contributed by atoms with Gasteiger partial charge < -0.3 is 16.4 Å². The number of nitrogens with one attached hydrogen (secondary N) is 2. The summed E-state index contributed by atoms with van der Waals surface area (Å²) in [6.45, 7) is 0. The highest BCUT2D eigenvalue weighted by Crippen LogP contribution is 2.18. The van der Waals surface area contributed by atoms with E-state index < -0.39 is 5.82 Å². The van der Waals surface area contributed by atoms with Gasteiger partial charge >= 0.3 is 6.03 Å². The summed E-state index contributed by atoms with van der Waals surface area (Å²) in [6.07, 6.45) is 4.34. The molecule has 92 valence electrons. The van der Waals surface area contributed by atoms with Gasteiger partial charge in [0, 0.05) is 11.7 Å². The predicted molar refractivity (Wildman–Crippen MR) is 65.2 cm³/mol. The highest BCUT2D eigenvalue weighted by Gasteiger charge is 2.17. The quantitative estimate of drug-likeness (QED) is 0.692. The number of carbonyl (C=O) groups excluding carboxylic acids is 1. The first kappa shape index (κ1) is 11.7. The van der Waals surface area contributed by atoms with Crippen molar-refractivity contribution < 1.29 is 9.18 Å². The standard InChI is InChI=1S/C12H16FN3O/c13-10-7-9(5-6-11(10)14)16-12(17)15-8-3-1-2-4-8/h5-8H,1-4,14H2,(H2,15,16,17). The van der Waals surface area contributed by atoms with E-state index in [4.69, 9.17) is 5.73 Å². The van der Waals surface area contributed by atoms with Crippen LogP contribution in [-0.4, -0.2) is 12.1 Å². The van der Waals surface area contributed by atoms with Crippen molar-refractivity contribution in [3.63, 3.8) is 0 Å². The summed E-state index contributed by atoms with van der Waals surface area (Å²) >= 11 is 0. The van der Waals surface area contributed by atoms with Gasteiger partial charge in [0.2, 0.25) is 0 Å². The van der Waals surface area contributed by atoms with Crippen LogP contribution in [0.1, 0.15) is 25.7 Å². The van der Waals surface area contributed by atoms with Crippen molar-refractivity contribution >= 4 is 17.4 Å². The fourth-order valence-corrected chi connectivity index (χ4v) is 2.03. The Hall–Kier alpha value is -1.78. The molecule has 1 aliphatic rings. The van der Waals surface area contributed by atoms with Gasteiger partial charge in [0.15, 0.2) is 0 Å². The molecule has 2 amide bonds. The number of anilines is 2. The molecule has 0 saturated heterocycles. The lowest BCUT2D eigenvalue weighted by atomic mass is 10.2. The number of nitrogens with two attached hydrogens (primary N) is 1. The van der Waals surface area contributed by atoms with Crippen molar-refractivity contribution in [2.45, 2.75) is 31.7 Å². The molecule has 4 nitrogen and oxygen atoms in total. The van der Waals surface area contributed by atoms with Crippen LogP contribution in [0.4, 0.5) is 20.6 Å². The number of halogens is 1. The Morgan fingerprint density at radius 3 is 2.71 bits per heavy atom. The van der Waals surface area contributed by atoms with Crippen LogP contribution in [0.15, 0.2) is 18.2 Å². The second-order valence-corrected chi connectivity index (χ2v) is 4.32. The summed E-state index contributed by atoms with van der Waals surface area (Å²) in [5.41, 5.74) is 5.83. The Kier molecular flexibility index (Phi) is 3.46. The van der Waals surface area contributed by atoms with E-state index in [1.54, 1.807) is 6.07 Å². The van der Waals surface area contributed by atoms with E-state index in [2.05, 4.69) is 10.6 Å². The molecule has 0 atom stereocenters. The molecule has 1 saturated carbocycles. The number of hydrogen-bond donors (Lipinski definition) is 3. The minimum atomic E-state index is -0.524. The van der Waals surface area contributed by atoms with Gasteiger partial charge in [0.1, 0.15) is 5.82 Å². The zero-order valence-corrected chi connectivity index (χ0v) is 9.50. The van der Waals surface area contributed by atoms with E-state index in [1.165, 1.54) is 12.1 Å². The molecule has 2 rings (SSSR count). The maximum atomic E-state index is 13.1. The van der Waals surface area contributed by atoms with Crippen LogP contribution >= 0.6 is 0 Å². The minimum Gasteiger partial charge on any atom is -0.396 e. The third-order valence-electron chi connectivity index (χ3n) is 2.95. The number of urea groups is 1. The molecule has 0 spiro atoms. The molecule has 5 heteroatoms. The molecule has 0 aromatic heterocycles. The highest BCUT2D eigenvalue weighted by atomic mass is 19.1. The molecular formula is C12H16FN3O. The minimum absolute atomic E-state index is 0.0757. The molecule has 0 heterocycles. The smallest absolute Gasteiger partial charge is 0.319 e. The first-order valence-electron chi connectivity index (χ1n) is 5.77. The van der Waals surface area contributed by atoms with Gasteiger partial charge in [0.05, 0.1) is 5.69 Å². The number of amides is 2. The van der Waals surface area contributed by atoms with Crippen LogP contribution in [-0.2, 0) is 0 Å². The average molecular weight is 237 g/mol. The molecule has 4 N–H and O–H groups in total. The van der Waals surface area contributed by atoms with Crippen LogP contribution in [0, 0.1) is 5.82 Å². The van der Waals surface area contributed by atoms with Crippen molar-refractivity contribution in [3.8, 4) is 0 Å². The van der Waals surface area contributed by atoms with Gasteiger partial charge in [-0.3, -0.25) is 0 Å². The Balaban J connectivity index is 1.90. The summed E-state index contributed by atoms with van der Waals surface area (Å²) in [6, 6.07) is 4.17. The van der Waals surface area contributed by atoms with Crippen molar-refractivity contribution in [2.24, 2.45) is 0 Å². The largest absolute Gasteiger partial charge is 0.396 e. The van der Waals surface area contributed by atoms with Crippen LogP contribution in [0.25, 0.3) is 0 Å². The number of rotatable bonds is 2. The van der Waals surface area contributed by atoms with Crippen LogP contribution in [0.3, 0.4) is 0 Å². The molecule has 1 aliphatic carbocycles. The summed E-state index contributed by atoms with van der Waals surface area (Å²) in [4.78, 5) is 11.6. The highest BCUT2D eigenvalue weighted by molar-refractivity contribution is 5.89. The first-order valence-corrected chi connectivity index (χ1v) is 5.77. The molecule has 0 unspecified atom stereocenters. The van der Waals surface area contributed by atoms with Crippen molar-refractivity contribution in [2.75, 3.05) is 11.1 Å². The molecular weight excluding hydrogens is 221 g/mol. The molecule has 17 heavy (non-hydrogen) atoms. The third kappa shape index (κ3) is 3.09. The first-order chi connectivity index (χ1) is 8.15. The normalized spacial score (nSPS) is 15.8. The number of nitrogen functional groups attached to an aromatic ring is 1. The third-order valence-corrected chi connectivity index (χ3v) is 2.95. The summed E-state index contributed by atoms with van der Waals surface area (Å²) in [5, 5.41) is 5.45. The average Bonchev–Trinajstić information content (AvgIpc) is 2.76. The fourth-order valence-electron chi connectivity index (χ4n) is 2.03. The molecule has 0 aliphatic heterocycles.